The van der Waals surface area contributed by atoms with E-state index >= 15 is 0 Å². The quantitative estimate of drug-likeness (QED) is 0.351. The average Bonchev–Trinajstić information content (AvgIpc) is 3.17. The summed E-state index contributed by atoms with van der Waals surface area (Å²) in [5.41, 5.74) is 1.87. The fourth-order valence-electron chi connectivity index (χ4n) is 2.75. The molecule has 5 nitrogen and oxygen atoms in total. The van der Waals surface area contributed by atoms with Gasteiger partial charge in [0.1, 0.15) is 0 Å². The molecule has 4 rings (SSSR count). The van der Waals surface area contributed by atoms with Gasteiger partial charge in [0.25, 0.3) is 5.91 Å². The van der Waals surface area contributed by atoms with Crippen molar-refractivity contribution in [3.8, 4) is 17.1 Å². The minimum Gasteiger partial charge on any atom is -0.319 e. The summed E-state index contributed by atoms with van der Waals surface area (Å²) in [4.78, 5) is 17.2. The Morgan fingerprint density at radius 1 is 0.833 bits per heavy atom. The number of hydrogen-bond acceptors (Lipinski definition) is 3. The molecule has 0 bridgehead atoms. The number of rotatable bonds is 4. The first-order valence-corrected chi connectivity index (χ1v) is 10.2. The summed E-state index contributed by atoms with van der Waals surface area (Å²) in [6.07, 6.45) is 0. The van der Waals surface area contributed by atoms with E-state index in [0.29, 0.717) is 42.9 Å². The van der Waals surface area contributed by atoms with Gasteiger partial charge in [0, 0.05) is 21.3 Å². The van der Waals surface area contributed by atoms with E-state index in [1.165, 1.54) is 0 Å². The van der Waals surface area contributed by atoms with Crippen molar-refractivity contribution in [2.45, 2.75) is 0 Å². The second-order valence-corrected chi connectivity index (χ2v) is 7.93. The third-order valence-electron chi connectivity index (χ3n) is 4.14. The van der Waals surface area contributed by atoms with Crippen LogP contribution in [0.3, 0.4) is 0 Å². The topological polar surface area (TPSA) is 59.8 Å². The molecule has 0 saturated carbocycles. The molecule has 0 spiro atoms. The number of anilines is 1. The maximum absolute atomic E-state index is 12.8. The van der Waals surface area contributed by atoms with Crippen LogP contribution >= 0.6 is 46.4 Å². The lowest BCUT2D eigenvalue weighted by Gasteiger charge is -2.06. The number of hydrogen-bond donors (Lipinski definition) is 1. The standard InChI is InChI=1S/C21H12Cl4N4O/c22-13-4-7-16(8-5-13)29-20(12-2-1-3-14(23)10-12)27-19(28-29)21(30)26-15-6-9-17(24)18(25)11-15/h1-11H,(H,26,30). The van der Waals surface area contributed by atoms with Gasteiger partial charge in [-0.1, -0.05) is 58.5 Å². The van der Waals surface area contributed by atoms with Gasteiger partial charge in [-0.05, 0) is 54.6 Å². The Bertz CT molecular complexity index is 1240. The van der Waals surface area contributed by atoms with Gasteiger partial charge in [0.2, 0.25) is 5.82 Å². The van der Waals surface area contributed by atoms with Gasteiger partial charge in [-0.2, -0.15) is 0 Å². The smallest absolute Gasteiger partial charge is 0.295 e. The molecule has 1 N–H and O–H groups in total. The van der Waals surface area contributed by atoms with E-state index in [9.17, 15) is 4.79 Å². The maximum Gasteiger partial charge on any atom is 0.295 e. The van der Waals surface area contributed by atoms with Crippen LogP contribution in [0.2, 0.25) is 20.1 Å². The van der Waals surface area contributed by atoms with E-state index in [1.807, 2.05) is 6.07 Å². The maximum atomic E-state index is 12.8. The fraction of sp³-hybridized carbons (Fsp3) is 0. The van der Waals surface area contributed by atoms with Gasteiger partial charge in [0.05, 0.1) is 15.7 Å². The summed E-state index contributed by atoms with van der Waals surface area (Å²) in [7, 11) is 0. The Balaban J connectivity index is 1.75. The van der Waals surface area contributed by atoms with Crippen molar-refractivity contribution in [2.75, 3.05) is 5.32 Å². The summed E-state index contributed by atoms with van der Waals surface area (Å²) in [6, 6.07) is 19.0. The van der Waals surface area contributed by atoms with Crippen LogP contribution in [0.1, 0.15) is 10.6 Å². The van der Waals surface area contributed by atoms with E-state index < -0.39 is 5.91 Å². The lowest BCUT2D eigenvalue weighted by molar-refractivity contribution is 0.101. The molecule has 0 aliphatic rings. The zero-order valence-electron chi connectivity index (χ0n) is 15.1. The largest absolute Gasteiger partial charge is 0.319 e. The Morgan fingerprint density at radius 2 is 1.60 bits per heavy atom. The molecule has 9 heteroatoms. The van der Waals surface area contributed by atoms with Crippen LogP contribution < -0.4 is 5.32 Å². The number of carbonyl (C=O) groups is 1. The van der Waals surface area contributed by atoms with Crippen LogP contribution in [0, 0.1) is 0 Å². The molecule has 0 aliphatic heterocycles. The number of halogens is 4. The van der Waals surface area contributed by atoms with Crippen LogP contribution in [0.4, 0.5) is 5.69 Å². The first-order valence-electron chi connectivity index (χ1n) is 8.66. The monoisotopic (exact) mass is 476 g/mol. The van der Waals surface area contributed by atoms with Crippen LogP contribution in [0.25, 0.3) is 17.1 Å². The Morgan fingerprint density at radius 3 is 2.30 bits per heavy atom. The molecule has 150 valence electrons. The van der Waals surface area contributed by atoms with Crippen molar-refractivity contribution in [3.05, 3.63) is 92.6 Å². The molecule has 1 aromatic heterocycles. The molecule has 30 heavy (non-hydrogen) atoms. The summed E-state index contributed by atoms with van der Waals surface area (Å²) >= 11 is 24.1. The molecule has 0 unspecified atom stereocenters. The highest BCUT2D eigenvalue weighted by atomic mass is 35.5. The van der Waals surface area contributed by atoms with Gasteiger partial charge in [0.15, 0.2) is 5.82 Å². The second-order valence-electron chi connectivity index (χ2n) is 6.24. The highest BCUT2D eigenvalue weighted by Crippen LogP contribution is 2.27. The van der Waals surface area contributed by atoms with Crippen molar-refractivity contribution in [1.82, 2.24) is 14.8 Å². The van der Waals surface area contributed by atoms with Crippen molar-refractivity contribution in [1.29, 1.82) is 0 Å². The Labute approximate surface area is 192 Å². The van der Waals surface area contributed by atoms with Crippen LogP contribution in [-0.2, 0) is 0 Å². The molecular formula is C21H12Cl4N4O. The SMILES string of the molecule is O=C(Nc1ccc(Cl)c(Cl)c1)c1nc(-c2cccc(Cl)c2)n(-c2ccc(Cl)cc2)n1. The first kappa shape index (κ1) is 20.7. The van der Waals surface area contributed by atoms with Crippen LogP contribution in [0.15, 0.2) is 66.7 Å². The molecule has 0 atom stereocenters. The minimum atomic E-state index is -0.496. The zero-order valence-corrected chi connectivity index (χ0v) is 18.1. The summed E-state index contributed by atoms with van der Waals surface area (Å²) in [5.74, 6) is -0.0607. The lowest BCUT2D eigenvalue weighted by atomic mass is 10.2. The summed E-state index contributed by atoms with van der Waals surface area (Å²) in [5, 5.41) is 8.97. The molecular weight excluding hydrogens is 466 g/mol. The van der Waals surface area contributed by atoms with E-state index in [1.54, 1.807) is 65.3 Å². The summed E-state index contributed by atoms with van der Waals surface area (Å²) < 4.78 is 1.56. The second kappa shape index (κ2) is 8.66. The molecule has 3 aromatic carbocycles. The van der Waals surface area contributed by atoms with Crippen LogP contribution in [-0.4, -0.2) is 20.7 Å². The first-order chi connectivity index (χ1) is 14.4. The van der Waals surface area contributed by atoms with Gasteiger partial charge in [-0.25, -0.2) is 9.67 Å². The number of amides is 1. The third kappa shape index (κ3) is 4.45. The molecule has 1 amide bonds. The van der Waals surface area contributed by atoms with Crippen molar-refractivity contribution >= 4 is 58.0 Å². The predicted octanol–water partition coefficient (Wildman–Crippen LogP) is 6.80. The molecule has 0 saturated heterocycles. The van der Waals surface area contributed by atoms with Gasteiger partial charge in [-0.15, -0.1) is 5.10 Å². The molecule has 4 aromatic rings. The number of carbonyl (C=O) groups excluding carboxylic acids is 1. The van der Waals surface area contributed by atoms with Gasteiger partial charge < -0.3 is 5.32 Å². The fourth-order valence-corrected chi connectivity index (χ4v) is 3.36. The van der Waals surface area contributed by atoms with Crippen molar-refractivity contribution in [2.24, 2.45) is 0 Å². The summed E-state index contributed by atoms with van der Waals surface area (Å²) in [6.45, 7) is 0. The number of nitrogens with zero attached hydrogens (tertiary/aromatic N) is 3. The highest BCUT2D eigenvalue weighted by Gasteiger charge is 2.19. The minimum absolute atomic E-state index is 0.0222. The molecule has 0 aliphatic carbocycles. The Hall–Kier alpha value is -2.57. The zero-order chi connectivity index (χ0) is 21.3. The molecule has 0 fully saturated rings. The van der Waals surface area contributed by atoms with Gasteiger partial charge >= 0.3 is 0 Å². The molecule has 0 radical (unpaired) electrons. The normalized spacial score (nSPS) is 10.8. The van der Waals surface area contributed by atoms with E-state index in [2.05, 4.69) is 15.4 Å². The van der Waals surface area contributed by atoms with Crippen molar-refractivity contribution in [3.63, 3.8) is 0 Å². The third-order valence-corrected chi connectivity index (χ3v) is 5.37. The lowest BCUT2D eigenvalue weighted by Crippen LogP contribution is -2.14. The average molecular weight is 478 g/mol. The number of aromatic nitrogens is 3. The van der Waals surface area contributed by atoms with Gasteiger partial charge in [-0.3, -0.25) is 4.79 Å². The predicted molar refractivity (Wildman–Crippen MR) is 121 cm³/mol. The van der Waals surface area contributed by atoms with Crippen LogP contribution in [0.5, 0.6) is 0 Å². The van der Waals surface area contributed by atoms with E-state index in [-0.39, 0.29) is 5.82 Å². The van der Waals surface area contributed by atoms with E-state index in [4.69, 9.17) is 46.4 Å². The number of nitrogens with one attached hydrogen (secondary N) is 1. The van der Waals surface area contributed by atoms with E-state index in [0.717, 1.165) is 0 Å². The Kier molecular flexibility index (Phi) is 5.97. The highest BCUT2D eigenvalue weighted by molar-refractivity contribution is 6.42. The molecule has 1 heterocycles. The van der Waals surface area contributed by atoms with Crippen molar-refractivity contribution < 1.29 is 4.79 Å². The number of benzene rings is 3.